The van der Waals surface area contributed by atoms with Crippen LogP contribution in [0.3, 0.4) is 0 Å². The highest BCUT2D eigenvalue weighted by atomic mass is 16.7. The molecule has 0 bridgehead atoms. The molecule has 1 heterocycles. The Labute approximate surface area is 138 Å². The number of rotatable bonds is 5. The van der Waals surface area contributed by atoms with E-state index >= 15 is 0 Å². The molecule has 1 saturated heterocycles. The lowest BCUT2D eigenvalue weighted by Crippen LogP contribution is -2.46. The van der Waals surface area contributed by atoms with E-state index in [1.807, 2.05) is 32.0 Å². The van der Waals surface area contributed by atoms with E-state index in [-0.39, 0.29) is 6.79 Å². The molecule has 1 radical (unpaired) electrons. The zero-order valence-corrected chi connectivity index (χ0v) is 14.1. The summed E-state index contributed by atoms with van der Waals surface area (Å²) in [5.41, 5.74) is 0.344. The van der Waals surface area contributed by atoms with Crippen LogP contribution in [0, 0.1) is 0 Å². The summed E-state index contributed by atoms with van der Waals surface area (Å²) in [5, 5.41) is 2.34. The van der Waals surface area contributed by atoms with Crippen molar-refractivity contribution in [1.29, 1.82) is 0 Å². The standard InChI is InChI=1S/C18H22BO4/c1-17(2)18(3,23-19-22-17)11-14-10-15(21-12-20-4)9-13-7-5-6-8-16(13)14/h5-10H,11-12H2,1-4H3. The van der Waals surface area contributed by atoms with Crippen molar-refractivity contribution in [3.05, 3.63) is 42.0 Å². The van der Waals surface area contributed by atoms with Crippen LogP contribution in [-0.2, 0) is 20.5 Å². The fraction of sp³-hybridized carbons (Fsp3) is 0.444. The van der Waals surface area contributed by atoms with Crippen molar-refractivity contribution in [1.82, 2.24) is 0 Å². The topological polar surface area (TPSA) is 36.9 Å². The third-order valence-electron chi connectivity index (χ3n) is 4.72. The summed E-state index contributed by atoms with van der Waals surface area (Å²) in [6.07, 6.45) is 0.723. The Morgan fingerprint density at radius 3 is 2.57 bits per heavy atom. The first-order valence-electron chi connectivity index (χ1n) is 7.76. The summed E-state index contributed by atoms with van der Waals surface area (Å²) >= 11 is 0. The van der Waals surface area contributed by atoms with Crippen molar-refractivity contribution < 1.29 is 18.8 Å². The summed E-state index contributed by atoms with van der Waals surface area (Å²) in [6, 6.07) is 12.4. The minimum atomic E-state index is -0.435. The van der Waals surface area contributed by atoms with Gasteiger partial charge in [-0.1, -0.05) is 24.3 Å². The predicted molar refractivity (Wildman–Crippen MR) is 90.6 cm³/mol. The second-order valence-corrected chi connectivity index (χ2v) is 6.60. The summed E-state index contributed by atoms with van der Waals surface area (Å²) in [7, 11) is 3.07. The highest BCUT2D eigenvalue weighted by molar-refractivity contribution is 6.19. The van der Waals surface area contributed by atoms with E-state index in [0.29, 0.717) is 0 Å². The van der Waals surface area contributed by atoms with Crippen LogP contribution >= 0.6 is 0 Å². The molecule has 5 heteroatoms. The molecule has 0 N–H and O–H groups in total. The van der Waals surface area contributed by atoms with Gasteiger partial charge in [0.05, 0.1) is 11.2 Å². The molecular formula is C18H22BO4. The summed E-state index contributed by atoms with van der Waals surface area (Å²) < 4.78 is 22.1. The van der Waals surface area contributed by atoms with Crippen molar-refractivity contribution >= 4 is 18.5 Å². The van der Waals surface area contributed by atoms with Gasteiger partial charge in [-0.15, -0.1) is 0 Å². The second-order valence-electron chi connectivity index (χ2n) is 6.60. The Morgan fingerprint density at radius 2 is 1.87 bits per heavy atom. The molecule has 4 nitrogen and oxygen atoms in total. The Balaban J connectivity index is 2.01. The van der Waals surface area contributed by atoms with Gasteiger partial charge in [0.2, 0.25) is 0 Å². The van der Waals surface area contributed by atoms with Crippen LogP contribution in [0.2, 0.25) is 0 Å². The lowest BCUT2D eigenvalue weighted by Gasteiger charge is -2.37. The zero-order valence-electron chi connectivity index (χ0n) is 14.1. The van der Waals surface area contributed by atoms with Crippen molar-refractivity contribution in [2.75, 3.05) is 13.9 Å². The molecule has 3 rings (SSSR count). The summed E-state index contributed by atoms with van der Waals surface area (Å²) in [6.45, 7) is 6.40. The van der Waals surface area contributed by atoms with E-state index in [2.05, 4.69) is 25.1 Å². The van der Waals surface area contributed by atoms with Gasteiger partial charge in [-0.3, -0.25) is 0 Å². The fourth-order valence-corrected chi connectivity index (χ4v) is 2.85. The molecule has 23 heavy (non-hydrogen) atoms. The highest BCUT2D eigenvalue weighted by Crippen LogP contribution is 2.39. The molecule has 2 aromatic carbocycles. The van der Waals surface area contributed by atoms with Crippen LogP contribution < -0.4 is 4.74 Å². The van der Waals surface area contributed by atoms with Crippen molar-refractivity contribution in [2.45, 2.75) is 38.4 Å². The number of ether oxygens (including phenoxy) is 2. The lowest BCUT2D eigenvalue weighted by molar-refractivity contribution is -0.00862. The van der Waals surface area contributed by atoms with E-state index in [0.717, 1.165) is 17.6 Å². The Hall–Kier alpha value is -1.56. The summed E-state index contributed by atoms with van der Waals surface area (Å²) in [4.78, 5) is 0. The van der Waals surface area contributed by atoms with Gasteiger partial charge in [-0.25, -0.2) is 0 Å². The number of hydrogen-bond acceptors (Lipinski definition) is 4. The largest absolute Gasteiger partial charge is 0.489 e. The third kappa shape index (κ3) is 3.09. The Morgan fingerprint density at radius 1 is 1.09 bits per heavy atom. The first-order chi connectivity index (χ1) is 11.0. The van der Waals surface area contributed by atoms with Crippen molar-refractivity contribution in [3.8, 4) is 5.75 Å². The zero-order chi connectivity index (χ0) is 16.5. The fourth-order valence-electron chi connectivity index (χ4n) is 2.85. The first kappa shape index (κ1) is 16.3. The predicted octanol–water partition coefficient (Wildman–Crippen LogP) is 3.48. The van der Waals surface area contributed by atoms with E-state index in [4.69, 9.17) is 18.8 Å². The molecule has 0 spiro atoms. The molecule has 1 aliphatic heterocycles. The van der Waals surface area contributed by atoms with Crippen LogP contribution in [-0.4, -0.2) is 32.8 Å². The molecule has 0 saturated carbocycles. The maximum Gasteiger partial charge on any atom is 0.489 e. The van der Waals surface area contributed by atoms with Crippen LogP contribution in [0.15, 0.2) is 36.4 Å². The monoisotopic (exact) mass is 313 g/mol. The third-order valence-corrected chi connectivity index (χ3v) is 4.72. The van der Waals surface area contributed by atoms with E-state index in [1.54, 1.807) is 7.11 Å². The lowest BCUT2D eigenvalue weighted by atomic mass is 9.81. The van der Waals surface area contributed by atoms with Gasteiger partial charge >= 0.3 is 7.69 Å². The van der Waals surface area contributed by atoms with Gasteiger partial charge in [0.25, 0.3) is 0 Å². The average molecular weight is 313 g/mol. The molecule has 0 amide bonds. The number of benzene rings is 2. The number of methoxy groups -OCH3 is 1. The maximum absolute atomic E-state index is 5.82. The normalized spacial score (nSPS) is 23.0. The summed E-state index contributed by atoms with van der Waals surface area (Å²) in [5.74, 6) is 0.796. The quantitative estimate of drug-likeness (QED) is 0.625. The molecule has 0 aliphatic carbocycles. The van der Waals surface area contributed by atoms with Crippen molar-refractivity contribution in [2.24, 2.45) is 0 Å². The molecular weight excluding hydrogens is 291 g/mol. The Bertz CT molecular complexity index is 700. The molecule has 1 fully saturated rings. The first-order valence-corrected chi connectivity index (χ1v) is 7.76. The van der Waals surface area contributed by atoms with Crippen LogP contribution in [0.25, 0.3) is 10.8 Å². The second kappa shape index (κ2) is 6.15. The maximum atomic E-state index is 5.82. The molecule has 1 aliphatic rings. The van der Waals surface area contributed by atoms with Crippen LogP contribution in [0.1, 0.15) is 26.3 Å². The number of fused-ring (bicyclic) bond motifs is 1. The molecule has 0 aromatic heterocycles. The average Bonchev–Trinajstić information content (AvgIpc) is 2.78. The van der Waals surface area contributed by atoms with E-state index in [1.165, 1.54) is 18.6 Å². The number of hydrogen-bond donors (Lipinski definition) is 0. The van der Waals surface area contributed by atoms with E-state index < -0.39 is 11.2 Å². The van der Waals surface area contributed by atoms with Gasteiger partial charge < -0.3 is 18.8 Å². The van der Waals surface area contributed by atoms with Crippen LogP contribution in [0.4, 0.5) is 0 Å². The molecule has 121 valence electrons. The molecule has 1 atom stereocenters. The smallest absolute Gasteiger partial charge is 0.468 e. The SMILES string of the molecule is COCOc1cc(CC2(C)O[B]OC2(C)C)c2ccccc2c1. The molecule has 1 unspecified atom stereocenters. The van der Waals surface area contributed by atoms with Crippen molar-refractivity contribution in [3.63, 3.8) is 0 Å². The minimum absolute atomic E-state index is 0.230. The van der Waals surface area contributed by atoms with Gasteiger partial charge in [0.15, 0.2) is 6.79 Å². The van der Waals surface area contributed by atoms with Crippen LogP contribution in [0.5, 0.6) is 5.75 Å². The Kier molecular flexibility index (Phi) is 4.36. The minimum Gasteiger partial charge on any atom is -0.468 e. The highest BCUT2D eigenvalue weighted by Gasteiger charge is 2.48. The van der Waals surface area contributed by atoms with Gasteiger partial charge in [-0.2, -0.15) is 0 Å². The van der Waals surface area contributed by atoms with E-state index in [9.17, 15) is 0 Å². The van der Waals surface area contributed by atoms with Gasteiger partial charge in [0.1, 0.15) is 5.75 Å². The van der Waals surface area contributed by atoms with Gasteiger partial charge in [-0.05, 0) is 49.2 Å². The van der Waals surface area contributed by atoms with Gasteiger partial charge in [0, 0.05) is 13.5 Å². The molecule has 2 aromatic rings.